The summed E-state index contributed by atoms with van der Waals surface area (Å²) in [5.74, 6) is 0.724. The highest BCUT2D eigenvalue weighted by molar-refractivity contribution is 14.1. The van der Waals surface area contributed by atoms with Crippen LogP contribution >= 0.6 is 22.6 Å². The van der Waals surface area contributed by atoms with Crippen molar-refractivity contribution in [2.75, 3.05) is 33.9 Å². The monoisotopic (exact) mass is 654 g/mol. The van der Waals surface area contributed by atoms with Crippen molar-refractivity contribution in [2.24, 2.45) is 0 Å². The third kappa shape index (κ3) is 7.62. The fraction of sp³-hybridized carbons (Fsp3) is 0.429. The van der Waals surface area contributed by atoms with Crippen LogP contribution in [0.25, 0.3) is 0 Å². The first-order valence-corrected chi connectivity index (χ1v) is 13.6. The van der Waals surface area contributed by atoms with E-state index in [0.717, 1.165) is 5.56 Å². The van der Waals surface area contributed by atoms with Crippen molar-refractivity contribution >= 4 is 34.4 Å². The summed E-state index contributed by atoms with van der Waals surface area (Å²) in [5.41, 5.74) is 1.86. The van der Waals surface area contributed by atoms with Crippen LogP contribution in [0, 0.1) is 3.57 Å². The van der Waals surface area contributed by atoms with Crippen molar-refractivity contribution < 1.29 is 39.1 Å². The van der Waals surface area contributed by atoms with Gasteiger partial charge in [-0.2, -0.15) is 0 Å². The topological polar surface area (TPSA) is 138 Å². The lowest BCUT2D eigenvalue weighted by molar-refractivity contribution is -0.136. The number of benzene rings is 2. The molecule has 0 bridgehead atoms. The van der Waals surface area contributed by atoms with E-state index in [1.807, 2.05) is 24.3 Å². The maximum atomic E-state index is 12.9. The minimum absolute atomic E-state index is 0.0630. The zero-order valence-electron chi connectivity index (χ0n) is 22.2. The van der Waals surface area contributed by atoms with Crippen molar-refractivity contribution in [1.29, 1.82) is 0 Å². The summed E-state index contributed by atoms with van der Waals surface area (Å²) in [6, 6.07) is 10.1. The van der Waals surface area contributed by atoms with Gasteiger partial charge in [0.1, 0.15) is 18.0 Å². The Morgan fingerprint density at radius 3 is 2.49 bits per heavy atom. The van der Waals surface area contributed by atoms with E-state index in [2.05, 4.69) is 27.9 Å². The minimum atomic E-state index is -1.17. The Bertz CT molecular complexity index is 1190. The number of hydrogen-bond acceptors (Lipinski definition) is 8. The molecule has 3 rings (SSSR count). The van der Waals surface area contributed by atoms with Gasteiger partial charge in [0.25, 0.3) is 0 Å². The van der Waals surface area contributed by atoms with Crippen LogP contribution in [0.15, 0.2) is 48.0 Å². The number of hydrogen-bond donors (Lipinski definition) is 4. The van der Waals surface area contributed by atoms with E-state index in [-0.39, 0.29) is 38.6 Å². The van der Waals surface area contributed by atoms with Gasteiger partial charge in [-0.25, -0.2) is 0 Å². The molecule has 0 radical (unpaired) electrons. The summed E-state index contributed by atoms with van der Waals surface area (Å²) in [4.78, 5) is 27.3. The van der Waals surface area contributed by atoms with Crippen LogP contribution in [0.5, 0.6) is 17.2 Å². The molecule has 3 atom stereocenters. The molecule has 4 N–H and O–H groups in total. The second-order valence-corrected chi connectivity index (χ2v) is 10.2. The first kappa shape index (κ1) is 30.7. The van der Waals surface area contributed by atoms with E-state index in [4.69, 9.17) is 14.2 Å². The first-order chi connectivity index (χ1) is 18.7. The maximum Gasteiger partial charge on any atom is 0.247 e. The lowest BCUT2D eigenvalue weighted by Gasteiger charge is -2.40. The van der Waals surface area contributed by atoms with Crippen molar-refractivity contribution in [2.45, 2.75) is 44.6 Å². The summed E-state index contributed by atoms with van der Waals surface area (Å²) in [6.07, 6.45) is -0.0423. The number of aliphatic hydroxyl groups is 3. The van der Waals surface area contributed by atoms with E-state index in [0.29, 0.717) is 38.4 Å². The fourth-order valence-corrected chi connectivity index (χ4v) is 5.39. The van der Waals surface area contributed by atoms with Crippen LogP contribution in [0.1, 0.15) is 24.5 Å². The number of amides is 2. The van der Waals surface area contributed by atoms with Gasteiger partial charge in [0.15, 0.2) is 11.5 Å². The van der Waals surface area contributed by atoms with Gasteiger partial charge in [0.2, 0.25) is 11.8 Å². The van der Waals surface area contributed by atoms with Crippen molar-refractivity contribution in [1.82, 2.24) is 10.2 Å². The van der Waals surface area contributed by atoms with Crippen LogP contribution in [-0.2, 0) is 22.6 Å². The summed E-state index contributed by atoms with van der Waals surface area (Å²) in [7, 11) is 3.05. The summed E-state index contributed by atoms with van der Waals surface area (Å²) in [5, 5.41) is 32.9. The highest BCUT2D eigenvalue weighted by atomic mass is 127. The van der Waals surface area contributed by atoms with Gasteiger partial charge in [0, 0.05) is 32.0 Å². The molecule has 0 saturated heterocycles. The fourth-order valence-electron chi connectivity index (χ4n) is 4.60. The molecule has 10 nitrogen and oxygen atoms in total. The van der Waals surface area contributed by atoms with E-state index >= 15 is 0 Å². The smallest absolute Gasteiger partial charge is 0.247 e. The third-order valence-electron chi connectivity index (χ3n) is 6.56. The Hall–Kier alpha value is -2.87. The van der Waals surface area contributed by atoms with Crippen molar-refractivity contribution in [3.05, 3.63) is 62.7 Å². The molecular weight excluding hydrogens is 619 g/mol. The van der Waals surface area contributed by atoms with Gasteiger partial charge in [-0.3, -0.25) is 9.59 Å². The van der Waals surface area contributed by atoms with Gasteiger partial charge in [-0.15, -0.1) is 0 Å². The van der Waals surface area contributed by atoms with Gasteiger partial charge in [-0.05, 0) is 64.4 Å². The SMILES string of the molecule is COc1ccccc1CCN(C(C)=O)C1CC(C(=O)NCCO)=CC(Oc2c(I)cc(CO)cc2OC)C1O. The molecular formula is C28H35IN2O8. The number of rotatable bonds is 12. The molecule has 212 valence electrons. The molecule has 0 heterocycles. The predicted molar refractivity (Wildman–Crippen MR) is 153 cm³/mol. The molecule has 0 aromatic heterocycles. The molecule has 2 aromatic carbocycles. The van der Waals surface area contributed by atoms with Crippen LogP contribution in [0.3, 0.4) is 0 Å². The molecule has 11 heteroatoms. The second kappa shape index (κ2) is 14.5. The zero-order valence-corrected chi connectivity index (χ0v) is 24.4. The lowest BCUT2D eigenvalue weighted by atomic mass is 9.88. The highest BCUT2D eigenvalue weighted by Crippen LogP contribution is 2.37. The summed E-state index contributed by atoms with van der Waals surface area (Å²) in [6.45, 7) is 1.36. The van der Waals surface area contributed by atoms with E-state index in [1.54, 1.807) is 30.2 Å². The molecule has 2 amide bonds. The standard InChI is InChI=1S/C28H35IN2O8/c1-17(34)31(10-8-19-6-4-5-7-23(19)37-2)22-14-20(28(36)30-9-11-32)15-24(26(22)35)39-27-21(29)12-18(16-33)13-25(27)38-3/h4-7,12-13,15,22,24,26,32-33,35H,8-11,14,16H2,1-3H3,(H,30,36). The molecule has 0 spiro atoms. The molecule has 0 fully saturated rings. The lowest BCUT2D eigenvalue weighted by Crippen LogP contribution is -2.55. The molecule has 1 aliphatic rings. The van der Waals surface area contributed by atoms with E-state index in [1.165, 1.54) is 14.0 Å². The highest BCUT2D eigenvalue weighted by Gasteiger charge is 2.40. The molecule has 0 saturated carbocycles. The Labute approximate surface area is 241 Å². The zero-order chi connectivity index (χ0) is 28.5. The molecule has 3 unspecified atom stereocenters. The number of carbonyl (C=O) groups excluding carboxylic acids is 2. The van der Waals surface area contributed by atoms with Gasteiger partial charge < -0.3 is 39.7 Å². The normalized spacial score (nSPS) is 18.6. The van der Waals surface area contributed by atoms with Crippen molar-refractivity contribution in [3.8, 4) is 17.2 Å². The maximum absolute atomic E-state index is 12.9. The van der Waals surface area contributed by atoms with Crippen LogP contribution in [0.4, 0.5) is 0 Å². The quantitative estimate of drug-likeness (QED) is 0.255. The number of methoxy groups -OCH3 is 2. The first-order valence-electron chi connectivity index (χ1n) is 12.5. The summed E-state index contributed by atoms with van der Waals surface area (Å²) < 4.78 is 17.8. The molecule has 39 heavy (non-hydrogen) atoms. The van der Waals surface area contributed by atoms with E-state index in [9.17, 15) is 24.9 Å². The number of aliphatic hydroxyl groups excluding tert-OH is 3. The number of para-hydroxylation sites is 1. The number of nitrogens with zero attached hydrogens (tertiary/aromatic N) is 1. The third-order valence-corrected chi connectivity index (χ3v) is 7.36. The predicted octanol–water partition coefficient (Wildman–Crippen LogP) is 1.81. The molecule has 1 aliphatic carbocycles. The van der Waals surface area contributed by atoms with Gasteiger partial charge in [0.05, 0.1) is 37.0 Å². The van der Waals surface area contributed by atoms with Crippen LogP contribution in [-0.4, -0.2) is 84.2 Å². The number of halogens is 1. The Morgan fingerprint density at radius 2 is 1.85 bits per heavy atom. The number of ether oxygens (including phenoxy) is 3. The van der Waals surface area contributed by atoms with Crippen LogP contribution in [0.2, 0.25) is 0 Å². The number of nitrogens with one attached hydrogen (secondary N) is 1. The van der Waals surface area contributed by atoms with Gasteiger partial charge >= 0.3 is 0 Å². The minimum Gasteiger partial charge on any atom is -0.496 e. The average molecular weight is 654 g/mol. The average Bonchev–Trinajstić information content (AvgIpc) is 2.94. The Kier molecular flexibility index (Phi) is 11.4. The van der Waals surface area contributed by atoms with Gasteiger partial charge in [-0.1, -0.05) is 18.2 Å². The number of carbonyl (C=O) groups is 2. The van der Waals surface area contributed by atoms with Crippen molar-refractivity contribution in [3.63, 3.8) is 0 Å². The molecule has 2 aromatic rings. The largest absolute Gasteiger partial charge is 0.496 e. The Morgan fingerprint density at radius 1 is 1.13 bits per heavy atom. The van der Waals surface area contributed by atoms with E-state index < -0.39 is 24.2 Å². The molecule has 0 aliphatic heterocycles. The second-order valence-electron chi connectivity index (χ2n) is 9.06. The summed E-state index contributed by atoms with van der Waals surface area (Å²) >= 11 is 2.05. The van der Waals surface area contributed by atoms with Crippen LogP contribution < -0.4 is 19.5 Å². The Balaban J connectivity index is 1.95.